The maximum Gasteiger partial charge on any atom is 0.262 e. The van der Waals surface area contributed by atoms with Crippen molar-refractivity contribution in [1.82, 2.24) is 14.8 Å². The fourth-order valence-electron chi connectivity index (χ4n) is 5.76. The summed E-state index contributed by atoms with van der Waals surface area (Å²) >= 11 is 0. The first-order valence-electron chi connectivity index (χ1n) is 13.9. The highest BCUT2D eigenvalue weighted by Crippen LogP contribution is 2.37. The van der Waals surface area contributed by atoms with Gasteiger partial charge in [0.05, 0.1) is 32.1 Å². The van der Waals surface area contributed by atoms with Gasteiger partial charge in [0.1, 0.15) is 18.1 Å². The molecule has 1 saturated heterocycles. The molecule has 1 atom stereocenters. The number of halogens is 1. The summed E-state index contributed by atoms with van der Waals surface area (Å²) in [5.41, 5.74) is 2.30. The zero-order chi connectivity index (χ0) is 27.2. The summed E-state index contributed by atoms with van der Waals surface area (Å²) in [5.74, 6) is 0.139. The number of rotatable bonds is 9. The first kappa shape index (κ1) is 27.3. The predicted molar refractivity (Wildman–Crippen MR) is 146 cm³/mol. The van der Waals surface area contributed by atoms with Gasteiger partial charge in [-0.15, -0.1) is 0 Å². The number of hydrogen-bond donors (Lipinski definition) is 0. The molecule has 8 nitrogen and oxygen atoms in total. The normalized spacial score (nSPS) is 20.2. The number of nitrogens with zero attached hydrogens (tertiary/aromatic N) is 4. The molecular weight excluding hydrogens is 499 g/mol. The zero-order valence-corrected chi connectivity index (χ0v) is 22.6. The smallest absolute Gasteiger partial charge is 0.262 e. The average molecular weight is 537 g/mol. The minimum atomic E-state index is -0.392. The number of morpholine rings is 1. The van der Waals surface area contributed by atoms with Crippen LogP contribution < -0.4 is 4.74 Å². The predicted octanol–water partition coefficient (Wildman–Crippen LogP) is 3.86. The number of hydrogen-bond acceptors (Lipinski definition) is 6. The molecule has 0 unspecified atom stereocenters. The monoisotopic (exact) mass is 536 g/mol. The first-order valence-corrected chi connectivity index (χ1v) is 13.9. The van der Waals surface area contributed by atoms with E-state index in [-0.39, 0.29) is 30.1 Å². The van der Waals surface area contributed by atoms with Gasteiger partial charge < -0.3 is 14.4 Å². The van der Waals surface area contributed by atoms with E-state index < -0.39 is 6.04 Å². The second-order valence-corrected chi connectivity index (χ2v) is 10.4. The second kappa shape index (κ2) is 12.7. The van der Waals surface area contributed by atoms with Crippen molar-refractivity contribution in [3.8, 4) is 5.75 Å². The summed E-state index contributed by atoms with van der Waals surface area (Å²) in [5, 5.41) is 6.24. The lowest BCUT2D eigenvalue weighted by molar-refractivity contribution is -0.144. The van der Waals surface area contributed by atoms with Crippen LogP contribution in [-0.4, -0.2) is 85.4 Å². The van der Waals surface area contributed by atoms with E-state index in [1.165, 1.54) is 17.1 Å². The molecule has 5 rings (SSSR count). The Balaban J connectivity index is 1.39. The first-order chi connectivity index (χ1) is 19.0. The lowest BCUT2D eigenvalue weighted by Gasteiger charge is -2.32. The van der Waals surface area contributed by atoms with E-state index in [1.807, 2.05) is 24.3 Å². The molecule has 2 amide bonds. The van der Waals surface area contributed by atoms with Crippen LogP contribution in [0.1, 0.15) is 49.3 Å². The average Bonchev–Trinajstić information content (AvgIpc) is 3.67. The Morgan fingerprint density at radius 3 is 2.51 bits per heavy atom. The molecule has 3 aliphatic rings. The molecule has 0 aromatic heterocycles. The number of benzene rings is 2. The highest BCUT2D eigenvalue weighted by atomic mass is 19.1. The maximum atomic E-state index is 13.9. The molecule has 1 saturated carbocycles. The van der Waals surface area contributed by atoms with E-state index in [0.717, 1.165) is 49.9 Å². The lowest BCUT2D eigenvalue weighted by Crippen LogP contribution is -2.48. The molecule has 2 fully saturated rings. The highest BCUT2D eigenvalue weighted by molar-refractivity contribution is 6.03. The third-order valence-corrected chi connectivity index (χ3v) is 7.97. The summed E-state index contributed by atoms with van der Waals surface area (Å²) < 4.78 is 24.7. The molecular formula is C30H37FN4O4. The van der Waals surface area contributed by atoms with Crippen LogP contribution in [0.3, 0.4) is 0 Å². The van der Waals surface area contributed by atoms with Gasteiger partial charge in [0.25, 0.3) is 5.91 Å². The third kappa shape index (κ3) is 6.47. The van der Waals surface area contributed by atoms with E-state index in [1.54, 1.807) is 24.1 Å². The Morgan fingerprint density at radius 2 is 1.79 bits per heavy atom. The van der Waals surface area contributed by atoms with Crippen molar-refractivity contribution in [2.45, 2.75) is 38.1 Å². The quantitative estimate of drug-likeness (QED) is 0.487. The Morgan fingerprint density at radius 1 is 1.08 bits per heavy atom. The van der Waals surface area contributed by atoms with Gasteiger partial charge in [0.15, 0.2) is 0 Å². The van der Waals surface area contributed by atoms with Crippen LogP contribution in [0.2, 0.25) is 0 Å². The lowest BCUT2D eigenvalue weighted by atomic mass is 9.97. The van der Waals surface area contributed by atoms with Gasteiger partial charge >= 0.3 is 0 Å². The standard InChI is InChI=1S/C30H37FN4O4/c1-38-28-9-5-4-8-25(28)27-20-26(22-10-12-24(31)13-11-22)32-35(27)29(36)21-34(30(37)23-6-2-3-7-23)15-14-33-16-18-39-19-17-33/h4-5,8-13,23,27H,2-3,6-7,14-21H2,1H3/t27-/m1/s1. The number of amides is 2. The van der Waals surface area contributed by atoms with Crippen molar-refractivity contribution in [1.29, 1.82) is 0 Å². The van der Waals surface area contributed by atoms with Crippen molar-refractivity contribution in [2.24, 2.45) is 11.0 Å². The van der Waals surface area contributed by atoms with Crippen LogP contribution in [0.25, 0.3) is 0 Å². The van der Waals surface area contributed by atoms with Crippen LogP contribution >= 0.6 is 0 Å². The molecule has 2 heterocycles. The summed E-state index contributed by atoms with van der Waals surface area (Å²) in [6, 6.07) is 13.4. The van der Waals surface area contributed by atoms with Gasteiger partial charge in [-0.25, -0.2) is 9.40 Å². The number of ether oxygens (including phenoxy) is 2. The Bertz CT molecular complexity index is 1180. The van der Waals surface area contributed by atoms with Crippen molar-refractivity contribution < 1.29 is 23.5 Å². The van der Waals surface area contributed by atoms with Gasteiger partial charge in [-0.1, -0.05) is 43.2 Å². The Hall–Kier alpha value is -3.30. The fourth-order valence-corrected chi connectivity index (χ4v) is 5.76. The number of methoxy groups -OCH3 is 1. The third-order valence-electron chi connectivity index (χ3n) is 7.97. The second-order valence-electron chi connectivity index (χ2n) is 10.4. The molecule has 39 heavy (non-hydrogen) atoms. The van der Waals surface area contributed by atoms with Crippen molar-refractivity contribution in [3.05, 3.63) is 65.5 Å². The summed E-state index contributed by atoms with van der Waals surface area (Å²) in [6.45, 7) is 4.18. The molecule has 0 bridgehead atoms. The van der Waals surface area contributed by atoms with Gasteiger partial charge in [0.2, 0.25) is 5.91 Å². The molecule has 2 aromatic carbocycles. The molecule has 208 valence electrons. The summed E-state index contributed by atoms with van der Waals surface area (Å²) in [4.78, 5) is 31.5. The number of carbonyl (C=O) groups excluding carboxylic acids is 2. The number of carbonyl (C=O) groups is 2. The minimum Gasteiger partial charge on any atom is -0.496 e. The van der Waals surface area contributed by atoms with E-state index in [2.05, 4.69) is 4.90 Å². The largest absolute Gasteiger partial charge is 0.496 e. The van der Waals surface area contributed by atoms with Crippen LogP contribution in [0, 0.1) is 11.7 Å². The highest BCUT2D eigenvalue weighted by Gasteiger charge is 2.37. The molecule has 9 heteroatoms. The molecule has 2 aromatic rings. The summed E-state index contributed by atoms with van der Waals surface area (Å²) in [6.07, 6.45) is 4.31. The topological polar surface area (TPSA) is 74.7 Å². The van der Waals surface area contributed by atoms with Crippen LogP contribution in [0.4, 0.5) is 4.39 Å². The van der Waals surface area contributed by atoms with E-state index in [0.29, 0.717) is 44.2 Å². The van der Waals surface area contributed by atoms with Crippen molar-refractivity contribution in [3.63, 3.8) is 0 Å². The van der Waals surface area contributed by atoms with Crippen LogP contribution in [0.15, 0.2) is 53.6 Å². The minimum absolute atomic E-state index is 0.0237. The maximum absolute atomic E-state index is 13.9. The molecule has 1 aliphatic carbocycles. The SMILES string of the molecule is COc1ccccc1[C@H]1CC(c2ccc(F)cc2)=NN1C(=O)CN(CCN1CCOCC1)C(=O)C1CCCC1. The Kier molecular flexibility index (Phi) is 8.88. The van der Waals surface area contributed by atoms with Crippen LogP contribution in [0.5, 0.6) is 5.75 Å². The fraction of sp³-hybridized carbons (Fsp3) is 0.500. The van der Waals surface area contributed by atoms with E-state index >= 15 is 0 Å². The van der Waals surface area contributed by atoms with Gasteiger partial charge in [-0.05, 0) is 36.6 Å². The number of hydrazone groups is 1. The van der Waals surface area contributed by atoms with Crippen LogP contribution in [-0.2, 0) is 14.3 Å². The molecule has 0 N–H and O–H groups in total. The number of para-hydroxylation sites is 1. The van der Waals surface area contributed by atoms with E-state index in [4.69, 9.17) is 14.6 Å². The zero-order valence-electron chi connectivity index (χ0n) is 22.6. The van der Waals surface area contributed by atoms with Gasteiger partial charge in [-0.3, -0.25) is 14.5 Å². The molecule has 2 aliphatic heterocycles. The molecule has 0 spiro atoms. The van der Waals surface area contributed by atoms with Crippen molar-refractivity contribution in [2.75, 3.05) is 53.0 Å². The van der Waals surface area contributed by atoms with E-state index in [9.17, 15) is 14.0 Å². The van der Waals surface area contributed by atoms with Gasteiger partial charge in [-0.2, -0.15) is 5.10 Å². The van der Waals surface area contributed by atoms with Gasteiger partial charge in [0, 0.05) is 44.1 Å². The van der Waals surface area contributed by atoms with Crippen molar-refractivity contribution >= 4 is 17.5 Å². The Labute approximate surface area is 229 Å². The summed E-state index contributed by atoms with van der Waals surface area (Å²) in [7, 11) is 1.61. The molecule has 0 radical (unpaired) electrons.